The van der Waals surface area contributed by atoms with Gasteiger partial charge in [-0.25, -0.2) is 0 Å². The van der Waals surface area contributed by atoms with E-state index in [4.69, 9.17) is 12.2 Å². The molecule has 0 spiro atoms. The monoisotopic (exact) mass is 379 g/mol. The molecular weight excluding hydrogens is 350 g/mol. The maximum absolute atomic E-state index is 11.3. The summed E-state index contributed by atoms with van der Waals surface area (Å²) in [4.78, 5) is 24.0. The number of aromatic amines is 1. The number of nitrogens with zero attached hydrogens (tertiary/aromatic N) is 2. The van der Waals surface area contributed by atoms with Crippen LogP contribution in [0.15, 0.2) is 12.7 Å². The number of terminal acetylenes is 1. The van der Waals surface area contributed by atoms with Crippen LogP contribution < -0.4 is 11.1 Å². The lowest BCUT2D eigenvalue weighted by Gasteiger charge is -2.18. The average Bonchev–Trinajstić information content (AvgIpc) is 3.26. The minimum Gasteiger partial charge on any atom is -0.371 e. The number of nitrogens with one attached hydrogen (secondary N) is 2. The molecule has 144 valence electrons. The maximum Gasteiger partial charge on any atom is 0.255 e. The highest BCUT2D eigenvalue weighted by Gasteiger charge is 2.30. The van der Waals surface area contributed by atoms with Crippen LogP contribution >= 0.6 is 11.8 Å². The highest BCUT2D eigenvalue weighted by molar-refractivity contribution is 7.99. The number of aromatic nitrogens is 2. The Morgan fingerprint density at radius 3 is 2.54 bits per heavy atom. The molecular formula is C18H29N5O2S. The Hall–Kier alpha value is -2.40. The number of thioether (sulfide) groups is 1. The fourth-order valence-corrected chi connectivity index (χ4v) is 3.22. The molecule has 2 atom stereocenters. The highest BCUT2D eigenvalue weighted by Crippen LogP contribution is 2.25. The summed E-state index contributed by atoms with van der Waals surface area (Å²) in [6, 6.07) is 0.382. The molecule has 26 heavy (non-hydrogen) atoms. The second kappa shape index (κ2) is 12.0. The molecule has 1 unspecified atom stereocenters. The molecule has 7 nitrogen and oxygen atoms in total. The van der Waals surface area contributed by atoms with Crippen molar-refractivity contribution in [2.75, 3.05) is 25.2 Å². The van der Waals surface area contributed by atoms with Crippen molar-refractivity contribution in [3.63, 3.8) is 0 Å². The lowest BCUT2D eigenvalue weighted by Crippen LogP contribution is -2.32. The van der Waals surface area contributed by atoms with Gasteiger partial charge in [0.05, 0.1) is 0 Å². The Labute approximate surface area is 160 Å². The first kappa shape index (κ1) is 23.6. The number of carbonyl (C=O) groups excluding carboxylic acids is 2. The van der Waals surface area contributed by atoms with Crippen molar-refractivity contribution in [2.24, 2.45) is 5.73 Å². The minimum absolute atomic E-state index is 0.0686. The number of H-pyrrole nitrogens is 1. The lowest BCUT2D eigenvalue weighted by molar-refractivity contribution is -0.126. The van der Waals surface area contributed by atoms with Gasteiger partial charge in [-0.2, -0.15) is 16.9 Å². The van der Waals surface area contributed by atoms with Crippen molar-refractivity contribution in [1.82, 2.24) is 15.1 Å². The van der Waals surface area contributed by atoms with Crippen LogP contribution in [0.3, 0.4) is 0 Å². The molecule has 1 aliphatic heterocycles. The number of carbonyl (C=O) groups is 2. The molecule has 2 heterocycles. The van der Waals surface area contributed by atoms with E-state index in [0.717, 1.165) is 13.0 Å². The van der Waals surface area contributed by atoms with Gasteiger partial charge in [-0.1, -0.05) is 20.4 Å². The quantitative estimate of drug-likeness (QED) is 0.549. The molecule has 1 aliphatic rings. The standard InChI is InChI=1S/C9H15NOS.C7H8N4O.C2H6/c1-4-9(11)10-6-8(12-3)5-7(10)2;1-3-4-5(6(8)12)7(9-2)11-10-4;1-2/h4,7-8H,1,5-6H2,2-3H3;1H,2H3,(H2,8,12)(H2,9,10,11);1-2H3/t7-,8?;;/m1../s1. The highest BCUT2D eigenvalue weighted by atomic mass is 32.2. The van der Waals surface area contributed by atoms with Crippen LogP contribution in [0, 0.1) is 12.3 Å². The third-order valence-electron chi connectivity index (χ3n) is 3.72. The summed E-state index contributed by atoms with van der Waals surface area (Å²) >= 11 is 1.84. The van der Waals surface area contributed by atoms with Gasteiger partial charge in [-0.15, -0.1) is 6.42 Å². The van der Waals surface area contributed by atoms with Gasteiger partial charge in [0.1, 0.15) is 11.3 Å². The Bertz CT molecular complexity index is 650. The summed E-state index contributed by atoms with van der Waals surface area (Å²) in [6.45, 7) is 10.5. The van der Waals surface area contributed by atoms with Crippen LogP contribution in [0.2, 0.25) is 0 Å². The van der Waals surface area contributed by atoms with E-state index < -0.39 is 5.91 Å². The summed E-state index contributed by atoms with van der Waals surface area (Å²) in [5.74, 6) is 2.12. The number of likely N-dealkylation sites (tertiary alicyclic amines) is 1. The Balaban J connectivity index is 0.000000439. The third-order valence-corrected chi connectivity index (χ3v) is 4.73. The summed E-state index contributed by atoms with van der Waals surface area (Å²) in [5.41, 5.74) is 5.60. The zero-order valence-corrected chi connectivity index (χ0v) is 16.9. The fraction of sp³-hybridized carbons (Fsp3) is 0.500. The number of anilines is 1. The first-order chi connectivity index (χ1) is 12.4. The van der Waals surface area contributed by atoms with Crippen LogP contribution in [-0.2, 0) is 4.79 Å². The molecule has 1 fully saturated rings. The van der Waals surface area contributed by atoms with Crippen LogP contribution in [0.1, 0.15) is 43.2 Å². The molecule has 1 aromatic rings. The molecule has 0 aliphatic carbocycles. The summed E-state index contributed by atoms with van der Waals surface area (Å²) in [5, 5.41) is 9.56. The van der Waals surface area contributed by atoms with E-state index in [1.165, 1.54) is 6.08 Å². The van der Waals surface area contributed by atoms with E-state index in [9.17, 15) is 9.59 Å². The molecule has 0 saturated carbocycles. The summed E-state index contributed by atoms with van der Waals surface area (Å²) in [7, 11) is 1.63. The van der Waals surface area contributed by atoms with Gasteiger partial charge in [0.2, 0.25) is 5.91 Å². The van der Waals surface area contributed by atoms with Gasteiger partial charge in [-0.3, -0.25) is 14.7 Å². The zero-order chi connectivity index (χ0) is 20.3. The Morgan fingerprint density at radius 1 is 1.54 bits per heavy atom. The van der Waals surface area contributed by atoms with Crippen molar-refractivity contribution in [1.29, 1.82) is 0 Å². The number of rotatable bonds is 4. The van der Waals surface area contributed by atoms with Crippen molar-refractivity contribution < 1.29 is 9.59 Å². The smallest absolute Gasteiger partial charge is 0.255 e. The molecule has 0 bridgehead atoms. The fourth-order valence-electron chi connectivity index (χ4n) is 2.44. The van der Waals surface area contributed by atoms with E-state index in [0.29, 0.717) is 22.8 Å². The first-order valence-corrected chi connectivity index (χ1v) is 9.66. The van der Waals surface area contributed by atoms with Crippen molar-refractivity contribution >= 4 is 29.4 Å². The van der Waals surface area contributed by atoms with Crippen molar-refractivity contribution in [3.8, 4) is 12.3 Å². The van der Waals surface area contributed by atoms with Crippen LogP contribution in [0.5, 0.6) is 0 Å². The van der Waals surface area contributed by atoms with Gasteiger partial charge in [0.15, 0.2) is 5.82 Å². The van der Waals surface area contributed by atoms with E-state index in [1.54, 1.807) is 7.05 Å². The molecule has 4 N–H and O–H groups in total. The number of hydrogen-bond donors (Lipinski definition) is 3. The van der Waals surface area contributed by atoms with E-state index in [-0.39, 0.29) is 11.5 Å². The number of primary amides is 1. The number of nitrogens with two attached hydrogens (primary N) is 1. The van der Waals surface area contributed by atoms with Gasteiger partial charge in [-0.05, 0) is 31.6 Å². The van der Waals surface area contributed by atoms with Gasteiger partial charge in [0.25, 0.3) is 5.91 Å². The van der Waals surface area contributed by atoms with E-state index in [1.807, 2.05) is 30.5 Å². The van der Waals surface area contributed by atoms with Gasteiger partial charge in [0, 0.05) is 24.9 Å². The van der Waals surface area contributed by atoms with Crippen molar-refractivity contribution in [2.45, 2.75) is 38.5 Å². The molecule has 8 heteroatoms. The molecule has 2 rings (SSSR count). The van der Waals surface area contributed by atoms with Crippen molar-refractivity contribution in [3.05, 3.63) is 23.9 Å². The normalized spacial score (nSPS) is 17.8. The third kappa shape index (κ3) is 6.15. The Kier molecular flexibility index (Phi) is 10.9. The molecule has 0 radical (unpaired) electrons. The zero-order valence-electron chi connectivity index (χ0n) is 16.1. The van der Waals surface area contributed by atoms with E-state index >= 15 is 0 Å². The Morgan fingerprint density at radius 2 is 2.15 bits per heavy atom. The number of amides is 2. The largest absolute Gasteiger partial charge is 0.371 e. The van der Waals surface area contributed by atoms with E-state index in [2.05, 4.69) is 41.2 Å². The summed E-state index contributed by atoms with van der Waals surface area (Å²) in [6.07, 6.45) is 9.71. The second-order valence-corrected chi connectivity index (χ2v) is 6.36. The second-order valence-electron chi connectivity index (χ2n) is 5.22. The molecule has 1 aromatic heterocycles. The predicted molar refractivity (Wildman–Crippen MR) is 109 cm³/mol. The SMILES string of the molecule is C#Cc1[nH]nc(NC)c1C(N)=O.C=CC(=O)N1CC(SC)C[C@H]1C.CC. The molecule has 2 amide bonds. The van der Waals surface area contributed by atoms with Crippen LogP contribution in [0.4, 0.5) is 5.82 Å². The maximum atomic E-state index is 11.3. The topological polar surface area (TPSA) is 104 Å². The molecule has 0 aromatic carbocycles. The first-order valence-electron chi connectivity index (χ1n) is 8.37. The lowest BCUT2D eigenvalue weighted by atomic mass is 10.2. The summed E-state index contributed by atoms with van der Waals surface area (Å²) < 4.78 is 0. The predicted octanol–water partition coefficient (Wildman–Crippen LogP) is 2.08. The van der Waals surface area contributed by atoms with Gasteiger partial charge >= 0.3 is 0 Å². The minimum atomic E-state index is -0.596. The molecule has 1 saturated heterocycles. The van der Waals surface area contributed by atoms with Gasteiger partial charge < -0.3 is 16.0 Å². The van der Waals surface area contributed by atoms with Crippen LogP contribution in [0.25, 0.3) is 0 Å². The van der Waals surface area contributed by atoms with Crippen LogP contribution in [-0.4, -0.2) is 58.1 Å². The number of hydrogen-bond acceptors (Lipinski definition) is 5. The average molecular weight is 380 g/mol.